The first-order valence-corrected chi connectivity index (χ1v) is 5.28. The molecule has 0 bridgehead atoms. The van der Waals surface area contributed by atoms with Crippen molar-refractivity contribution in [2.75, 3.05) is 0 Å². The fourth-order valence-corrected chi connectivity index (χ4v) is 1.18. The maximum absolute atomic E-state index is 10.3. The van der Waals surface area contributed by atoms with Crippen molar-refractivity contribution in [3.8, 4) is 0 Å². The molecule has 1 N–H and O–H groups in total. The van der Waals surface area contributed by atoms with Crippen LogP contribution in [-0.4, -0.2) is 28.6 Å². The highest BCUT2D eigenvalue weighted by Crippen LogP contribution is 2.22. The first-order chi connectivity index (χ1) is 7.02. The fourth-order valence-electron chi connectivity index (χ4n) is 1.18. The topological polar surface area (TPSA) is 65.0 Å². The van der Waals surface area contributed by atoms with Crippen molar-refractivity contribution in [1.29, 1.82) is 0 Å². The second kappa shape index (κ2) is 5.50. The molecule has 5 nitrogen and oxygen atoms in total. The van der Waals surface area contributed by atoms with Crippen molar-refractivity contribution in [3.05, 3.63) is 0 Å². The van der Waals surface area contributed by atoms with Crippen LogP contribution in [0.1, 0.15) is 48.0 Å². The minimum Gasteiger partial charge on any atom is -0.450 e. The van der Waals surface area contributed by atoms with Crippen LogP contribution < -0.4 is 0 Å². The summed E-state index contributed by atoms with van der Waals surface area (Å²) in [7, 11) is 0. The third-order valence-corrected chi connectivity index (χ3v) is 1.60. The van der Waals surface area contributed by atoms with Crippen LogP contribution in [0.15, 0.2) is 0 Å². The van der Waals surface area contributed by atoms with Crippen molar-refractivity contribution >= 4 is 6.16 Å². The Morgan fingerprint density at radius 2 is 1.69 bits per heavy atom. The molecule has 1 unspecified atom stereocenters. The van der Waals surface area contributed by atoms with Crippen molar-refractivity contribution in [2.45, 2.75) is 65.3 Å². The molecule has 0 aliphatic rings. The molecule has 96 valence electrons. The second-order valence-electron chi connectivity index (χ2n) is 5.44. The van der Waals surface area contributed by atoms with Crippen LogP contribution in [0.2, 0.25) is 0 Å². The zero-order chi connectivity index (χ0) is 13.0. The van der Waals surface area contributed by atoms with Gasteiger partial charge in [-0.2, -0.15) is 0 Å². The monoisotopic (exact) mass is 234 g/mol. The Bertz CT molecular complexity index is 229. The Labute approximate surface area is 96.6 Å². The van der Waals surface area contributed by atoms with E-state index in [1.54, 1.807) is 6.92 Å². The second-order valence-corrected chi connectivity index (χ2v) is 5.44. The predicted octanol–water partition coefficient (Wildman–Crippen LogP) is 2.98. The van der Waals surface area contributed by atoms with Crippen LogP contribution in [0.25, 0.3) is 0 Å². The van der Waals surface area contributed by atoms with Crippen LogP contribution in [-0.2, 0) is 14.5 Å². The largest absolute Gasteiger partial charge is 0.506 e. The number of hydrogen-bond acceptors (Lipinski definition) is 4. The Morgan fingerprint density at radius 1 is 1.19 bits per heavy atom. The Morgan fingerprint density at radius 3 is 2.06 bits per heavy atom. The van der Waals surface area contributed by atoms with E-state index in [-0.39, 0.29) is 0 Å². The summed E-state index contributed by atoms with van der Waals surface area (Å²) in [6.07, 6.45) is -1.29. The van der Waals surface area contributed by atoms with Gasteiger partial charge in [-0.15, -0.1) is 0 Å². The zero-order valence-corrected chi connectivity index (χ0v) is 10.9. The normalized spacial score (nSPS) is 14.6. The standard InChI is InChI=1S/C11H22O5/c1-8(14-9(12)13)7-11(5,6)16-15-10(2,3)4/h8H,7H2,1-6H3,(H,12,13). The average molecular weight is 234 g/mol. The van der Waals surface area contributed by atoms with Gasteiger partial charge in [-0.3, -0.25) is 0 Å². The van der Waals surface area contributed by atoms with Crippen molar-refractivity contribution in [1.82, 2.24) is 0 Å². The van der Waals surface area contributed by atoms with Crippen molar-refractivity contribution in [3.63, 3.8) is 0 Å². The first-order valence-electron chi connectivity index (χ1n) is 5.28. The third-order valence-electron chi connectivity index (χ3n) is 1.60. The number of hydrogen-bond donors (Lipinski definition) is 1. The van der Waals surface area contributed by atoms with Gasteiger partial charge in [-0.05, 0) is 41.5 Å². The van der Waals surface area contributed by atoms with Gasteiger partial charge in [0, 0.05) is 6.42 Å². The first kappa shape index (κ1) is 15.2. The molecule has 5 heteroatoms. The van der Waals surface area contributed by atoms with Gasteiger partial charge in [0.15, 0.2) is 0 Å². The highest BCUT2D eigenvalue weighted by atomic mass is 17.2. The lowest BCUT2D eigenvalue weighted by Gasteiger charge is -2.30. The van der Waals surface area contributed by atoms with Gasteiger partial charge >= 0.3 is 6.16 Å². The zero-order valence-electron chi connectivity index (χ0n) is 10.9. The SMILES string of the molecule is CC(CC(C)(C)OOC(C)(C)C)OC(=O)O. The Hall–Kier alpha value is -0.810. The molecule has 0 aliphatic heterocycles. The lowest BCUT2D eigenvalue weighted by molar-refractivity contribution is -0.399. The average Bonchev–Trinajstić information content (AvgIpc) is 1.96. The predicted molar refractivity (Wildman–Crippen MR) is 59.2 cm³/mol. The summed E-state index contributed by atoms with van der Waals surface area (Å²) in [6.45, 7) is 10.9. The quantitative estimate of drug-likeness (QED) is 0.450. The van der Waals surface area contributed by atoms with Crippen LogP contribution in [0.5, 0.6) is 0 Å². The number of carboxylic acid groups (broad SMARTS) is 1. The molecule has 0 radical (unpaired) electrons. The molecule has 0 rings (SSSR count). The summed E-state index contributed by atoms with van der Waals surface area (Å²) in [5.41, 5.74) is -0.990. The molecule has 0 aromatic rings. The van der Waals surface area contributed by atoms with Crippen molar-refractivity contribution in [2.24, 2.45) is 0 Å². The third kappa shape index (κ3) is 8.49. The lowest BCUT2D eigenvalue weighted by atomic mass is 10.0. The maximum atomic E-state index is 10.3. The van der Waals surface area contributed by atoms with Gasteiger partial charge in [0.2, 0.25) is 0 Å². The van der Waals surface area contributed by atoms with Gasteiger partial charge in [-0.25, -0.2) is 14.6 Å². The van der Waals surface area contributed by atoms with Crippen LogP contribution in [0.4, 0.5) is 4.79 Å². The van der Waals surface area contributed by atoms with E-state index in [1.807, 2.05) is 34.6 Å². The van der Waals surface area contributed by atoms with Crippen LogP contribution >= 0.6 is 0 Å². The van der Waals surface area contributed by atoms with E-state index in [4.69, 9.17) is 14.9 Å². The molecular formula is C11H22O5. The van der Waals surface area contributed by atoms with Gasteiger partial charge in [-0.1, -0.05) is 0 Å². The minimum atomic E-state index is -1.28. The maximum Gasteiger partial charge on any atom is 0.506 e. The molecule has 0 saturated carbocycles. The number of ether oxygens (including phenoxy) is 1. The summed E-state index contributed by atoms with van der Waals surface area (Å²) >= 11 is 0. The van der Waals surface area contributed by atoms with E-state index >= 15 is 0 Å². The van der Waals surface area contributed by atoms with E-state index < -0.39 is 23.5 Å². The highest BCUT2D eigenvalue weighted by molar-refractivity contribution is 5.57. The summed E-state index contributed by atoms with van der Waals surface area (Å²) in [5.74, 6) is 0. The van der Waals surface area contributed by atoms with Crippen molar-refractivity contribution < 1.29 is 24.4 Å². The Kier molecular flexibility index (Phi) is 5.22. The molecule has 16 heavy (non-hydrogen) atoms. The van der Waals surface area contributed by atoms with E-state index in [9.17, 15) is 4.79 Å². The van der Waals surface area contributed by atoms with E-state index in [0.717, 1.165) is 0 Å². The molecule has 1 atom stereocenters. The summed E-state index contributed by atoms with van der Waals surface area (Å²) in [4.78, 5) is 20.8. The molecule has 0 aliphatic carbocycles. The minimum absolute atomic E-state index is 0.395. The fraction of sp³-hybridized carbons (Fsp3) is 0.909. The van der Waals surface area contributed by atoms with Gasteiger partial charge in [0.25, 0.3) is 0 Å². The van der Waals surface area contributed by atoms with Crippen LogP contribution in [0.3, 0.4) is 0 Å². The molecule has 0 heterocycles. The number of rotatable bonds is 5. The molecule has 0 aromatic heterocycles. The van der Waals surface area contributed by atoms with E-state index in [2.05, 4.69) is 4.74 Å². The summed E-state index contributed by atoms with van der Waals surface area (Å²) < 4.78 is 4.60. The number of carbonyl (C=O) groups is 1. The molecule has 0 aromatic carbocycles. The van der Waals surface area contributed by atoms with Gasteiger partial charge < -0.3 is 9.84 Å². The molecule has 0 amide bonds. The van der Waals surface area contributed by atoms with Crippen LogP contribution in [0, 0.1) is 0 Å². The van der Waals surface area contributed by atoms with Gasteiger partial charge in [0.05, 0.1) is 5.60 Å². The Balaban J connectivity index is 4.08. The van der Waals surface area contributed by atoms with E-state index in [0.29, 0.717) is 6.42 Å². The smallest absolute Gasteiger partial charge is 0.450 e. The van der Waals surface area contributed by atoms with Gasteiger partial charge in [0.1, 0.15) is 11.7 Å². The lowest BCUT2D eigenvalue weighted by Crippen LogP contribution is -2.34. The van der Waals surface area contributed by atoms with E-state index in [1.165, 1.54) is 0 Å². The summed E-state index contributed by atoms with van der Waals surface area (Å²) in [5, 5.41) is 8.45. The molecule has 0 fully saturated rings. The molecule has 0 saturated heterocycles. The highest BCUT2D eigenvalue weighted by Gasteiger charge is 2.27. The molecular weight excluding hydrogens is 212 g/mol. The summed E-state index contributed by atoms with van der Waals surface area (Å²) in [6, 6.07) is 0. The molecule has 0 spiro atoms.